The molecule has 0 bridgehead atoms. The Kier molecular flexibility index (Phi) is 7.90. The summed E-state index contributed by atoms with van der Waals surface area (Å²) >= 11 is 12.7. The van der Waals surface area contributed by atoms with Crippen LogP contribution < -0.4 is 9.64 Å². The molecule has 0 N–H and O–H groups in total. The highest BCUT2D eigenvalue weighted by Crippen LogP contribution is 2.40. The molecule has 0 radical (unpaired) electrons. The second kappa shape index (κ2) is 11.3. The van der Waals surface area contributed by atoms with E-state index in [-0.39, 0.29) is 12.0 Å². The Morgan fingerprint density at radius 3 is 2.59 bits per heavy atom. The van der Waals surface area contributed by atoms with Crippen LogP contribution in [0.1, 0.15) is 18.9 Å². The van der Waals surface area contributed by atoms with Crippen molar-refractivity contribution < 1.29 is 19.0 Å². The normalized spacial score (nSPS) is 21.9. The van der Waals surface area contributed by atoms with Crippen LogP contribution in [0.15, 0.2) is 61.2 Å². The van der Waals surface area contributed by atoms with E-state index >= 15 is 0 Å². The molecule has 10 heteroatoms. The van der Waals surface area contributed by atoms with Crippen LogP contribution in [0.3, 0.4) is 0 Å². The highest BCUT2D eigenvalue weighted by atomic mass is 35.5. The molecule has 2 aromatic carbocycles. The number of carbonyl (C=O) groups is 1. The van der Waals surface area contributed by atoms with Crippen LogP contribution in [0.5, 0.6) is 5.75 Å². The van der Waals surface area contributed by atoms with Crippen molar-refractivity contribution in [2.75, 3.05) is 44.3 Å². The van der Waals surface area contributed by atoms with Gasteiger partial charge in [-0.1, -0.05) is 36.2 Å². The van der Waals surface area contributed by atoms with E-state index in [9.17, 15) is 4.79 Å². The van der Waals surface area contributed by atoms with Crippen LogP contribution in [0, 0.1) is 0 Å². The van der Waals surface area contributed by atoms with Gasteiger partial charge in [-0.05, 0) is 36.4 Å². The lowest BCUT2D eigenvalue weighted by Crippen LogP contribution is -2.48. The summed E-state index contributed by atoms with van der Waals surface area (Å²) in [6.45, 7) is 6.13. The number of benzene rings is 2. The van der Waals surface area contributed by atoms with E-state index in [0.29, 0.717) is 41.8 Å². The highest BCUT2D eigenvalue weighted by molar-refractivity contribution is 6.35. The fourth-order valence-corrected chi connectivity index (χ4v) is 5.31. The molecule has 2 atom stereocenters. The number of carbonyl (C=O) groups excluding carboxylic acids is 1. The lowest BCUT2D eigenvalue weighted by atomic mass is 10.1. The third-order valence-corrected chi connectivity index (χ3v) is 7.27. The number of hydrogen-bond donors (Lipinski definition) is 0. The maximum Gasteiger partial charge on any atom is 0.222 e. The molecule has 0 aliphatic carbocycles. The van der Waals surface area contributed by atoms with Crippen molar-refractivity contribution in [3.05, 3.63) is 76.8 Å². The fourth-order valence-electron chi connectivity index (χ4n) is 4.76. The van der Waals surface area contributed by atoms with E-state index < -0.39 is 5.79 Å². The Labute approximate surface area is 226 Å². The summed E-state index contributed by atoms with van der Waals surface area (Å²) in [5.74, 6) is -0.112. The highest BCUT2D eigenvalue weighted by Gasteiger charge is 2.45. The largest absolute Gasteiger partial charge is 0.491 e. The van der Waals surface area contributed by atoms with Crippen molar-refractivity contribution >= 4 is 34.8 Å². The lowest BCUT2D eigenvalue weighted by molar-refractivity contribution is -0.189. The number of rotatable bonds is 8. The van der Waals surface area contributed by atoms with Gasteiger partial charge in [-0.25, -0.2) is 4.98 Å². The maximum absolute atomic E-state index is 11.9. The summed E-state index contributed by atoms with van der Waals surface area (Å²) in [6, 6.07) is 13.3. The van der Waals surface area contributed by atoms with Gasteiger partial charge in [-0.15, -0.1) is 0 Å². The SMILES string of the molecule is CCC(=O)N1CCN(c2ccc(OC[C@@H]3CO[C@@](Cn4ccnc4)(c4ccc(Cl)cc4Cl)O3)cc2)CC1. The number of imidazole rings is 1. The van der Waals surface area contributed by atoms with E-state index in [4.69, 9.17) is 37.4 Å². The summed E-state index contributed by atoms with van der Waals surface area (Å²) < 4.78 is 20.6. The lowest BCUT2D eigenvalue weighted by Gasteiger charge is -2.36. The molecule has 2 saturated heterocycles. The summed E-state index contributed by atoms with van der Waals surface area (Å²) in [4.78, 5) is 20.3. The standard InChI is InChI=1S/C27H30Cl2N4O4/c1-2-26(34)33-13-11-32(12-14-33)21-4-6-22(7-5-21)35-16-23-17-36-27(37-23,18-31-10-9-30-19-31)24-8-3-20(28)15-25(24)29/h3-10,15,19,23H,2,11-14,16-18H2,1H3/t23-,27-/m1/s1. The monoisotopic (exact) mass is 544 g/mol. The molecule has 2 fully saturated rings. The number of halogens is 2. The second-order valence-electron chi connectivity index (χ2n) is 9.19. The first kappa shape index (κ1) is 25.9. The zero-order valence-corrected chi connectivity index (χ0v) is 22.2. The zero-order chi connectivity index (χ0) is 25.8. The van der Waals surface area contributed by atoms with Crippen molar-refractivity contribution in [2.45, 2.75) is 31.8 Å². The summed E-state index contributed by atoms with van der Waals surface area (Å²) in [5.41, 5.74) is 1.83. The van der Waals surface area contributed by atoms with Crippen molar-refractivity contribution in [3.63, 3.8) is 0 Å². The van der Waals surface area contributed by atoms with Crippen molar-refractivity contribution in [1.29, 1.82) is 0 Å². The fraction of sp³-hybridized carbons (Fsp3) is 0.407. The molecule has 3 heterocycles. The molecule has 37 heavy (non-hydrogen) atoms. The quantitative estimate of drug-likeness (QED) is 0.413. The van der Waals surface area contributed by atoms with Gasteiger partial charge >= 0.3 is 0 Å². The zero-order valence-electron chi connectivity index (χ0n) is 20.7. The molecule has 0 unspecified atom stereocenters. The predicted molar refractivity (Wildman–Crippen MR) is 142 cm³/mol. The van der Waals surface area contributed by atoms with Gasteiger partial charge in [0.25, 0.3) is 0 Å². The number of piperazine rings is 1. The van der Waals surface area contributed by atoms with Gasteiger partial charge in [0.1, 0.15) is 18.5 Å². The molecular weight excluding hydrogens is 515 g/mol. The number of amides is 1. The molecule has 8 nitrogen and oxygen atoms in total. The van der Waals surface area contributed by atoms with Crippen molar-refractivity contribution in [1.82, 2.24) is 14.5 Å². The minimum atomic E-state index is -1.08. The van der Waals surface area contributed by atoms with E-state index in [1.54, 1.807) is 24.7 Å². The van der Waals surface area contributed by atoms with Gasteiger partial charge in [0.2, 0.25) is 11.7 Å². The predicted octanol–water partition coefficient (Wildman–Crippen LogP) is 4.60. The first-order valence-corrected chi connectivity index (χ1v) is 13.2. The maximum atomic E-state index is 11.9. The average Bonchev–Trinajstić information content (AvgIpc) is 3.58. The van der Waals surface area contributed by atoms with E-state index in [1.807, 2.05) is 40.8 Å². The third-order valence-electron chi connectivity index (χ3n) is 6.72. The molecule has 1 amide bonds. The molecule has 196 valence electrons. The van der Waals surface area contributed by atoms with Crippen LogP contribution in [0.4, 0.5) is 5.69 Å². The van der Waals surface area contributed by atoms with Crippen LogP contribution in [0.25, 0.3) is 0 Å². The number of ether oxygens (including phenoxy) is 3. The molecule has 0 spiro atoms. The number of aromatic nitrogens is 2. The van der Waals surface area contributed by atoms with Gasteiger partial charge in [0.05, 0.1) is 24.5 Å². The smallest absolute Gasteiger partial charge is 0.222 e. The van der Waals surface area contributed by atoms with E-state index in [0.717, 1.165) is 37.6 Å². The Morgan fingerprint density at radius 1 is 1.14 bits per heavy atom. The molecule has 1 aromatic heterocycles. The molecule has 5 rings (SSSR count). The molecule has 2 aliphatic heterocycles. The van der Waals surface area contributed by atoms with Crippen molar-refractivity contribution in [2.24, 2.45) is 0 Å². The van der Waals surface area contributed by atoms with Gasteiger partial charge in [0.15, 0.2) is 0 Å². The Balaban J connectivity index is 1.20. The minimum absolute atomic E-state index is 0.217. The second-order valence-corrected chi connectivity index (χ2v) is 10.0. The first-order chi connectivity index (χ1) is 18.0. The molecule has 0 saturated carbocycles. The van der Waals surface area contributed by atoms with Gasteiger partial charge < -0.3 is 28.6 Å². The van der Waals surface area contributed by atoms with Crippen LogP contribution in [0.2, 0.25) is 10.0 Å². The Morgan fingerprint density at radius 2 is 1.92 bits per heavy atom. The van der Waals surface area contributed by atoms with Gasteiger partial charge in [-0.3, -0.25) is 4.79 Å². The Hall–Kier alpha value is -2.78. The minimum Gasteiger partial charge on any atom is -0.491 e. The van der Waals surface area contributed by atoms with Gasteiger partial charge in [-0.2, -0.15) is 0 Å². The molecular formula is C27H30Cl2N4O4. The summed E-state index contributed by atoms with van der Waals surface area (Å²) in [6.07, 6.45) is 5.54. The summed E-state index contributed by atoms with van der Waals surface area (Å²) in [7, 11) is 0. The van der Waals surface area contributed by atoms with Gasteiger partial charge in [0, 0.05) is 61.3 Å². The average molecular weight is 545 g/mol. The number of anilines is 1. The van der Waals surface area contributed by atoms with Crippen molar-refractivity contribution in [3.8, 4) is 5.75 Å². The first-order valence-electron chi connectivity index (χ1n) is 12.4. The number of nitrogens with zero attached hydrogens (tertiary/aromatic N) is 4. The Bertz CT molecular complexity index is 1200. The van der Waals surface area contributed by atoms with Crippen LogP contribution in [-0.2, 0) is 26.6 Å². The number of hydrogen-bond acceptors (Lipinski definition) is 6. The van der Waals surface area contributed by atoms with E-state index in [2.05, 4.69) is 22.0 Å². The van der Waals surface area contributed by atoms with E-state index in [1.165, 1.54) is 0 Å². The third kappa shape index (κ3) is 5.88. The summed E-state index contributed by atoms with van der Waals surface area (Å²) in [5, 5.41) is 1.02. The topological polar surface area (TPSA) is 69.1 Å². The van der Waals surface area contributed by atoms with Crippen LogP contribution in [-0.4, -0.2) is 65.9 Å². The van der Waals surface area contributed by atoms with Crippen LogP contribution >= 0.6 is 23.2 Å². The molecule has 2 aliphatic rings. The molecule has 3 aromatic rings.